The average molecular weight is 358 g/mol. The molecule has 2 aromatic rings. The molecule has 1 heterocycles. The third-order valence-corrected chi connectivity index (χ3v) is 4.25. The molecule has 132 valence electrons. The summed E-state index contributed by atoms with van der Waals surface area (Å²) in [5, 5.41) is 1.92. The van der Waals surface area contributed by atoms with Crippen molar-refractivity contribution in [2.75, 3.05) is 6.61 Å². The fourth-order valence-corrected chi connectivity index (χ4v) is 2.76. The van der Waals surface area contributed by atoms with Crippen LogP contribution in [0.2, 0.25) is 0 Å². The molecular weight excluding hydrogens is 336 g/mol. The summed E-state index contributed by atoms with van der Waals surface area (Å²) in [7, 11) is 0. The zero-order valence-electron chi connectivity index (χ0n) is 14.5. The van der Waals surface area contributed by atoms with E-state index in [1.165, 1.54) is 17.4 Å². The number of aryl methyl sites for hydroxylation is 1. The van der Waals surface area contributed by atoms with E-state index in [4.69, 9.17) is 4.74 Å². The van der Waals surface area contributed by atoms with E-state index in [1.807, 2.05) is 42.6 Å². The number of thiophene rings is 1. The molecule has 1 aromatic heterocycles. The summed E-state index contributed by atoms with van der Waals surface area (Å²) in [5.74, 6) is 0.157. The van der Waals surface area contributed by atoms with E-state index in [2.05, 4.69) is 24.7 Å². The van der Waals surface area contributed by atoms with Crippen LogP contribution in [0, 0.1) is 6.92 Å². The van der Waals surface area contributed by atoms with Crippen molar-refractivity contribution in [1.82, 2.24) is 10.9 Å². The van der Waals surface area contributed by atoms with Gasteiger partial charge in [-0.2, -0.15) is 0 Å². The molecule has 0 aliphatic rings. The Morgan fingerprint density at radius 3 is 2.72 bits per heavy atom. The highest BCUT2D eigenvalue weighted by Crippen LogP contribution is 2.27. The first-order valence-corrected chi connectivity index (χ1v) is 8.87. The van der Waals surface area contributed by atoms with Crippen molar-refractivity contribution in [3.63, 3.8) is 0 Å². The summed E-state index contributed by atoms with van der Waals surface area (Å²) in [6.07, 6.45) is 3.05. The van der Waals surface area contributed by atoms with E-state index in [0.717, 1.165) is 16.0 Å². The van der Waals surface area contributed by atoms with E-state index in [1.54, 1.807) is 6.08 Å². The fourth-order valence-electron chi connectivity index (χ4n) is 2.14. The highest BCUT2D eigenvalue weighted by atomic mass is 32.1. The van der Waals surface area contributed by atoms with Crippen molar-refractivity contribution in [3.05, 3.63) is 57.8 Å². The second kappa shape index (κ2) is 9.03. The monoisotopic (exact) mass is 358 g/mol. The van der Waals surface area contributed by atoms with Crippen LogP contribution in [0.15, 0.2) is 41.8 Å². The van der Waals surface area contributed by atoms with Crippen LogP contribution in [-0.2, 0) is 9.59 Å². The van der Waals surface area contributed by atoms with Crippen LogP contribution in [0.1, 0.15) is 35.8 Å². The molecule has 0 spiro atoms. The smallest absolute Gasteiger partial charge is 0.276 e. The number of hydrogen-bond donors (Lipinski definition) is 2. The van der Waals surface area contributed by atoms with Gasteiger partial charge in [-0.3, -0.25) is 20.4 Å². The Hall–Kier alpha value is -2.60. The zero-order valence-corrected chi connectivity index (χ0v) is 15.4. The van der Waals surface area contributed by atoms with Gasteiger partial charge in [0.05, 0.1) is 0 Å². The SMILES string of the molecule is Cc1ccc(C(C)C)c(OCC(=O)NNC(=O)/C=C/c2cccs2)c1. The first-order valence-electron chi connectivity index (χ1n) is 7.99. The number of rotatable bonds is 6. The molecule has 0 bridgehead atoms. The van der Waals surface area contributed by atoms with Gasteiger partial charge in [0.15, 0.2) is 6.61 Å². The molecule has 25 heavy (non-hydrogen) atoms. The van der Waals surface area contributed by atoms with E-state index in [-0.39, 0.29) is 6.61 Å². The molecule has 6 heteroatoms. The van der Waals surface area contributed by atoms with Gasteiger partial charge in [-0.05, 0) is 47.6 Å². The lowest BCUT2D eigenvalue weighted by Crippen LogP contribution is -2.43. The lowest BCUT2D eigenvalue weighted by molar-refractivity contribution is -0.128. The molecule has 0 radical (unpaired) electrons. The summed E-state index contributed by atoms with van der Waals surface area (Å²) < 4.78 is 5.61. The van der Waals surface area contributed by atoms with E-state index >= 15 is 0 Å². The minimum Gasteiger partial charge on any atom is -0.483 e. The van der Waals surface area contributed by atoms with Crippen molar-refractivity contribution in [2.45, 2.75) is 26.7 Å². The zero-order chi connectivity index (χ0) is 18.2. The van der Waals surface area contributed by atoms with Crippen molar-refractivity contribution in [2.24, 2.45) is 0 Å². The van der Waals surface area contributed by atoms with Crippen LogP contribution in [0.25, 0.3) is 6.08 Å². The number of ether oxygens (including phenoxy) is 1. The van der Waals surface area contributed by atoms with Gasteiger partial charge in [-0.15, -0.1) is 11.3 Å². The van der Waals surface area contributed by atoms with Crippen LogP contribution < -0.4 is 15.6 Å². The van der Waals surface area contributed by atoms with Gasteiger partial charge in [0, 0.05) is 11.0 Å². The highest BCUT2D eigenvalue weighted by molar-refractivity contribution is 7.10. The predicted octanol–water partition coefficient (Wildman–Crippen LogP) is 3.42. The molecule has 5 nitrogen and oxygen atoms in total. The minimum atomic E-state index is -0.422. The molecule has 0 saturated heterocycles. The Kier molecular flexibility index (Phi) is 6.77. The molecule has 0 aliphatic carbocycles. The van der Waals surface area contributed by atoms with Crippen molar-refractivity contribution >= 4 is 29.2 Å². The first kappa shape index (κ1) is 18.7. The molecule has 0 atom stereocenters. The second-order valence-electron chi connectivity index (χ2n) is 5.87. The number of hydrogen-bond acceptors (Lipinski definition) is 4. The average Bonchev–Trinajstić information content (AvgIpc) is 3.09. The number of benzene rings is 1. The standard InChI is InChI=1S/C19H22N2O3S/c1-13(2)16-8-6-14(3)11-17(16)24-12-19(23)21-20-18(22)9-7-15-5-4-10-25-15/h4-11,13H,12H2,1-3H3,(H,20,22)(H,21,23)/b9-7+. The van der Waals surface area contributed by atoms with Gasteiger partial charge in [-0.1, -0.05) is 32.0 Å². The van der Waals surface area contributed by atoms with Crippen LogP contribution in [0.3, 0.4) is 0 Å². The summed E-state index contributed by atoms with van der Waals surface area (Å²) in [5.41, 5.74) is 6.77. The summed E-state index contributed by atoms with van der Waals surface area (Å²) in [6, 6.07) is 9.73. The van der Waals surface area contributed by atoms with Crippen LogP contribution in [0.4, 0.5) is 0 Å². The normalized spacial score (nSPS) is 10.9. The lowest BCUT2D eigenvalue weighted by Gasteiger charge is -2.14. The number of nitrogens with one attached hydrogen (secondary N) is 2. The maximum atomic E-state index is 11.8. The third-order valence-electron chi connectivity index (χ3n) is 3.42. The van der Waals surface area contributed by atoms with Crippen molar-refractivity contribution in [3.8, 4) is 5.75 Å². The molecule has 2 amide bonds. The lowest BCUT2D eigenvalue weighted by atomic mass is 10.0. The van der Waals surface area contributed by atoms with E-state index < -0.39 is 11.8 Å². The summed E-state index contributed by atoms with van der Waals surface area (Å²) >= 11 is 1.53. The van der Waals surface area contributed by atoms with Crippen molar-refractivity contribution in [1.29, 1.82) is 0 Å². The van der Waals surface area contributed by atoms with Gasteiger partial charge < -0.3 is 4.74 Å². The third kappa shape index (κ3) is 6.08. The highest BCUT2D eigenvalue weighted by Gasteiger charge is 2.10. The van der Waals surface area contributed by atoms with Crippen LogP contribution in [0.5, 0.6) is 5.75 Å². The summed E-state index contributed by atoms with van der Waals surface area (Å²) in [4.78, 5) is 24.5. The molecule has 2 rings (SSSR count). The number of carbonyl (C=O) groups excluding carboxylic acids is 2. The Balaban J connectivity index is 1.81. The van der Waals surface area contributed by atoms with Gasteiger partial charge in [0.1, 0.15) is 5.75 Å². The Labute approximate surface area is 151 Å². The summed E-state index contributed by atoms with van der Waals surface area (Å²) in [6.45, 7) is 5.94. The van der Waals surface area contributed by atoms with Gasteiger partial charge in [0.25, 0.3) is 11.8 Å². The van der Waals surface area contributed by atoms with E-state index in [0.29, 0.717) is 11.7 Å². The maximum absolute atomic E-state index is 11.8. The van der Waals surface area contributed by atoms with Crippen LogP contribution >= 0.6 is 11.3 Å². The molecule has 2 N–H and O–H groups in total. The van der Waals surface area contributed by atoms with Crippen LogP contribution in [-0.4, -0.2) is 18.4 Å². The quantitative estimate of drug-likeness (QED) is 0.614. The molecule has 0 fully saturated rings. The number of carbonyl (C=O) groups is 2. The van der Waals surface area contributed by atoms with E-state index in [9.17, 15) is 9.59 Å². The fraction of sp³-hybridized carbons (Fsp3) is 0.263. The van der Waals surface area contributed by atoms with Gasteiger partial charge >= 0.3 is 0 Å². The maximum Gasteiger partial charge on any atom is 0.276 e. The molecule has 0 saturated carbocycles. The second-order valence-corrected chi connectivity index (χ2v) is 6.85. The number of amides is 2. The topological polar surface area (TPSA) is 67.4 Å². The number of hydrazine groups is 1. The molecule has 0 unspecified atom stereocenters. The van der Waals surface area contributed by atoms with Gasteiger partial charge in [-0.25, -0.2) is 0 Å². The molecule has 0 aliphatic heterocycles. The largest absolute Gasteiger partial charge is 0.483 e. The van der Waals surface area contributed by atoms with Gasteiger partial charge in [0.2, 0.25) is 0 Å². The first-order chi connectivity index (χ1) is 12.0. The Morgan fingerprint density at radius 1 is 1.24 bits per heavy atom. The Morgan fingerprint density at radius 2 is 2.04 bits per heavy atom. The van der Waals surface area contributed by atoms with Crippen molar-refractivity contribution < 1.29 is 14.3 Å². The predicted molar refractivity (Wildman–Crippen MR) is 100 cm³/mol. The molecule has 1 aromatic carbocycles. The Bertz CT molecular complexity index is 752. The minimum absolute atomic E-state index is 0.169. The molecular formula is C19H22N2O3S.